The Labute approximate surface area is 173 Å². The van der Waals surface area contributed by atoms with Gasteiger partial charge in [-0.25, -0.2) is 0 Å². The Morgan fingerprint density at radius 3 is 2.39 bits per heavy atom. The summed E-state index contributed by atoms with van der Waals surface area (Å²) in [5.74, 6) is 0.775. The summed E-state index contributed by atoms with van der Waals surface area (Å²) in [4.78, 5) is 12.8. The van der Waals surface area contributed by atoms with Gasteiger partial charge in [-0.05, 0) is 36.0 Å². The smallest absolute Gasteiger partial charge is 0.192 e. The molecule has 2 N–H and O–H groups in total. The van der Waals surface area contributed by atoms with Crippen LogP contribution in [0.4, 0.5) is 0 Å². The largest absolute Gasteiger partial charge is 0.415 e. The summed E-state index contributed by atoms with van der Waals surface area (Å²) in [6, 6.07) is 10.8. The molecule has 0 radical (unpaired) electrons. The van der Waals surface area contributed by atoms with Crippen LogP contribution in [0.5, 0.6) is 0 Å². The summed E-state index contributed by atoms with van der Waals surface area (Å²) >= 11 is 0. The van der Waals surface area contributed by atoms with E-state index >= 15 is 0 Å². The van der Waals surface area contributed by atoms with Gasteiger partial charge in [0.05, 0.1) is 12.6 Å². The first kappa shape index (κ1) is 23.3. The van der Waals surface area contributed by atoms with Crippen molar-refractivity contribution in [2.45, 2.75) is 83.7 Å². The van der Waals surface area contributed by atoms with Crippen molar-refractivity contribution < 1.29 is 9.22 Å². The Morgan fingerprint density at radius 1 is 1.18 bits per heavy atom. The predicted molar refractivity (Wildman–Crippen MR) is 120 cm³/mol. The van der Waals surface area contributed by atoms with Crippen LogP contribution in [-0.4, -0.2) is 45.4 Å². The van der Waals surface area contributed by atoms with Crippen LogP contribution in [-0.2, 0) is 15.6 Å². The van der Waals surface area contributed by atoms with Crippen LogP contribution in [0.15, 0.2) is 30.3 Å². The van der Waals surface area contributed by atoms with Crippen molar-refractivity contribution in [3.05, 3.63) is 35.9 Å². The van der Waals surface area contributed by atoms with Crippen molar-refractivity contribution in [2.24, 2.45) is 5.92 Å². The Morgan fingerprint density at radius 2 is 1.82 bits per heavy atom. The molecule has 0 spiro atoms. The Bertz CT molecular complexity index is 625. The monoisotopic (exact) mass is 404 g/mol. The van der Waals surface area contributed by atoms with Gasteiger partial charge in [-0.3, -0.25) is 4.79 Å². The molecule has 1 aromatic carbocycles. The maximum absolute atomic E-state index is 12.8. The summed E-state index contributed by atoms with van der Waals surface area (Å²) in [6.07, 6.45) is 1.38. The maximum atomic E-state index is 12.8. The minimum Gasteiger partial charge on any atom is -0.415 e. The number of hydrogen-bond donors (Lipinski definition) is 2. The molecule has 0 bridgehead atoms. The molecule has 1 aliphatic heterocycles. The van der Waals surface area contributed by atoms with E-state index in [1.54, 1.807) is 0 Å². The minimum atomic E-state index is -1.70. The Kier molecular flexibility index (Phi) is 8.03. The lowest BCUT2D eigenvalue weighted by atomic mass is 9.96. The molecule has 0 aromatic heterocycles. The van der Waals surface area contributed by atoms with Crippen molar-refractivity contribution >= 4 is 14.1 Å². The van der Waals surface area contributed by atoms with Gasteiger partial charge in [0.25, 0.3) is 0 Å². The van der Waals surface area contributed by atoms with Crippen molar-refractivity contribution in [1.82, 2.24) is 10.6 Å². The van der Waals surface area contributed by atoms with E-state index in [1.165, 1.54) is 0 Å². The molecule has 1 fully saturated rings. The molecule has 0 unspecified atom stereocenters. The van der Waals surface area contributed by atoms with Gasteiger partial charge in [-0.15, -0.1) is 0 Å². The molecule has 1 heterocycles. The third-order valence-electron chi connectivity index (χ3n) is 6.14. The molecule has 1 aromatic rings. The fourth-order valence-corrected chi connectivity index (χ4v) is 4.12. The number of rotatable bonds is 11. The molecule has 2 rings (SSSR count). The third kappa shape index (κ3) is 7.10. The number of Topliss-reactive ketones (excluding diaryl/α,β-unsaturated/α-hetero) is 1. The maximum Gasteiger partial charge on any atom is 0.192 e. The SMILES string of the molecule is CC(C)C[C@H](NC[C@H]1N[C@H]1CO[Si](C)(C)C(C)(C)C)C(=O)Cc1ccccc1. The first-order chi connectivity index (χ1) is 13.0. The summed E-state index contributed by atoms with van der Waals surface area (Å²) in [6.45, 7) is 17.4. The van der Waals surface area contributed by atoms with Crippen LogP contribution in [0.3, 0.4) is 0 Å². The average Bonchev–Trinajstić information content (AvgIpc) is 3.35. The van der Waals surface area contributed by atoms with Crippen LogP contribution in [0.25, 0.3) is 0 Å². The molecule has 0 aliphatic carbocycles. The van der Waals surface area contributed by atoms with E-state index in [9.17, 15) is 4.79 Å². The predicted octanol–water partition coefficient (Wildman–Crippen LogP) is 4.16. The van der Waals surface area contributed by atoms with Gasteiger partial charge >= 0.3 is 0 Å². The Balaban J connectivity index is 1.80. The number of ketones is 1. The van der Waals surface area contributed by atoms with Gasteiger partial charge < -0.3 is 15.1 Å². The van der Waals surface area contributed by atoms with E-state index in [4.69, 9.17) is 4.43 Å². The van der Waals surface area contributed by atoms with Crippen LogP contribution in [0.2, 0.25) is 18.1 Å². The molecule has 1 saturated heterocycles. The first-order valence-electron chi connectivity index (χ1n) is 10.7. The van der Waals surface area contributed by atoms with Gasteiger partial charge in [0, 0.05) is 25.0 Å². The molecular weight excluding hydrogens is 364 g/mol. The lowest BCUT2D eigenvalue weighted by Crippen LogP contribution is -2.42. The van der Waals surface area contributed by atoms with Crippen LogP contribution >= 0.6 is 0 Å². The highest BCUT2D eigenvalue weighted by Gasteiger charge is 2.42. The van der Waals surface area contributed by atoms with Gasteiger partial charge in [0.2, 0.25) is 0 Å². The highest BCUT2D eigenvalue weighted by molar-refractivity contribution is 6.74. The molecule has 158 valence electrons. The lowest BCUT2D eigenvalue weighted by Gasteiger charge is -2.36. The van der Waals surface area contributed by atoms with Crippen LogP contribution < -0.4 is 10.6 Å². The molecule has 1 aliphatic rings. The number of benzene rings is 1. The summed E-state index contributed by atoms with van der Waals surface area (Å²) in [7, 11) is -1.70. The number of carbonyl (C=O) groups is 1. The first-order valence-corrected chi connectivity index (χ1v) is 13.6. The van der Waals surface area contributed by atoms with E-state index < -0.39 is 8.32 Å². The zero-order valence-corrected chi connectivity index (χ0v) is 19.8. The topological polar surface area (TPSA) is 60.3 Å². The number of hydrogen-bond acceptors (Lipinski definition) is 4. The quantitative estimate of drug-likeness (QED) is 0.429. The second-order valence-electron chi connectivity index (χ2n) is 10.2. The molecule has 3 atom stereocenters. The molecule has 4 nitrogen and oxygen atoms in total. The number of carbonyl (C=O) groups excluding carboxylic acids is 1. The minimum absolute atomic E-state index is 0.0791. The van der Waals surface area contributed by atoms with E-state index in [0.29, 0.717) is 24.4 Å². The highest BCUT2D eigenvalue weighted by Crippen LogP contribution is 2.37. The molecular formula is C23H40N2O2Si. The zero-order valence-electron chi connectivity index (χ0n) is 18.8. The highest BCUT2D eigenvalue weighted by atomic mass is 28.4. The molecule has 5 heteroatoms. The summed E-state index contributed by atoms with van der Waals surface area (Å²) in [5, 5.41) is 7.29. The average molecular weight is 405 g/mol. The summed E-state index contributed by atoms with van der Waals surface area (Å²) < 4.78 is 6.33. The van der Waals surface area contributed by atoms with E-state index in [1.807, 2.05) is 30.3 Å². The third-order valence-corrected chi connectivity index (χ3v) is 10.6. The van der Waals surface area contributed by atoms with E-state index in [0.717, 1.165) is 25.1 Å². The molecule has 0 amide bonds. The lowest BCUT2D eigenvalue weighted by molar-refractivity contribution is -0.120. The van der Waals surface area contributed by atoms with Crippen molar-refractivity contribution in [1.29, 1.82) is 0 Å². The van der Waals surface area contributed by atoms with Gasteiger partial charge in [0.1, 0.15) is 0 Å². The fourth-order valence-electron chi connectivity index (χ4n) is 3.09. The van der Waals surface area contributed by atoms with Gasteiger partial charge in [-0.2, -0.15) is 0 Å². The number of nitrogens with one attached hydrogen (secondary N) is 2. The molecule has 28 heavy (non-hydrogen) atoms. The van der Waals surface area contributed by atoms with E-state index in [-0.39, 0.29) is 16.9 Å². The second kappa shape index (κ2) is 9.66. The summed E-state index contributed by atoms with van der Waals surface area (Å²) in [5.41, 5.74) is 1.09. The molecule has 0 saturated carbocycles. The van der Waals surface area contributed by atoms with Crippen LogP contribution in [0.1, 0.15) is 46.6 Å². The Hall–Kier alpha value is -1.01. The van der Waals surface area contributed by atoms with Crippen molar-refractivity contribution in [2.75, 3.05) is 13.2 Å². The van der Waals surface area contributed by atoms with Crippen LogP contribution in [0, 0.1) is 5.92 Å². The van der Waals surface area contributed by atoms with E-state index in [2.05, 4.69) is 58.3 Å². The normalized spacial score (nSPS) is 21.0. The van der Waals surface area contributed by atoms with Gasteiger partial charge in [-0.1, -0.05) is 65.0 Å². The standard InChI is InChI=1S/C23H40N2O2Si/c1-17(2)13-19(22(26)14-18-11-9-8-10-12-18)24-15-20-21(25-20)16-27-28(6,7)23(3,4)5/h8-12,17,19-21,24-25H,13-16H2,1-7H3/t19-,20+,21-/m0/s1. The van der Waals surface area contributed by atoms with Crippen molar-refractivity contribution in [3.8, 4) is 0 Å². The second-order valence-corrected chi connectivity index (χ2v) is 15.0. The van der Waals surface area contributed by atoms with Crippen molar-refractivity contribution in [3.63, 3.8) is 0 Å². The zero-order chi connectivity index (χ0) is 20.9. The fraction of sp³-hybridized carbons (Fsp3) is 0.696. The van der Waals surface area contributed by atoms with Gasteiger partial charge in [0.15, 0.2) is 14.1 Å².